The van der Waals surface area contributed by atoms with E-state index in [-0.39, 0.29) is 5.91 Å². The minimum absolute atomic E-state index is 0.115. The van der Waals surface area contributed by atoms with E-state index in [1.807, 2.05) is 36.5 Å². The molecule has 1 aliphatic carbocycles. The van der Waals surface area contributed by atoms with E-state index in [0.717, 1.165) is 18.5 Å². The summed E-state index contributed by atoms with van der Waals surface area (Å²) < 4.78 is 8.26. The lowest BCUT2D eigenvalue weighted by molar-refractivity contribution is -0.134. The number of aromatic nitrogens is 2. The van der Waals surface area contributed by atoms with E-state index < -0.39 is 5.60 Å². The van der Waals surface area contributed by atoms with Crippen molar-refractivity contribution in [3.05, 3.63) is 41.0 Å². The summed E-state index contributed by atoms with van der Waals surface area (Å²) in [6.07, 6.45) is 3.92. The Hall–Kier alpha value is -1.82. The van der Waals surface area contributed by atoms with Gasteiger partial charge in [0.25, 0.3) is 5.91 Å². The van der Waals surface area contributed by atoms with Crippen molar-refractivity contribution in [3.63, 3.8) is 0 Å². The van der Waals surface area contributed by atoms with E-state index in [2.05, 4.69) is 26.3 Å². The maximum atomic E-state index is 12.2. The summed E-state index contributed by atoms with van der Waals surface area (Å²) in [5.41, 5.74) is -0.0423. The van der Waals surface area contributed by atoms with Crippen molar-refractivity contribution in [1.82, 2.24) is 15.1 Å². The molecule has 3 rings (SSSR count). The maximum absolute atomic E-state index is 12.2. The number of nitrogens with zero attached hydrogens (tertiary/aromatic N) is 2. The lowest BCUT2D eigenvalue weighted by atomic mass is 10.1. The van der Waals surface area contributed by atoms with E-state index in [1.54, 1.807) is 18.5 Å². The fourth-order valence-electron chi connectivity index (χ4n) is 1.99. The van der Waals surface area contributed by atoms with Crippen LogP contribution in [0.2, 0.25) is 0 Å². The van der Waals surface area contributed by atoms with Crippen LogP contribution in [0, 0.1) is 0 Å². The summed E-state index contributed by atoms with van der Waals surface area (Å²) in [4.78, 5) is 12.2. The lowest BCUT2D eigenvalue weighted by Gasteiger charge is -2.24. The van der Waals surface area contributed by atoms with Gasteiger partial charge in [0.1, 0.15) is 0 Å². The summed E-state index contributed by atoms with van der Waals surface area (Å²) >= 11 is 3.44. The molecule has 22 heavy (non-hydrogen) atoms. The van der Waals surface area contributed by atoms with Gasteiger partial charge in [0.15, 0.2) is 5.60 Å². The van der Waals surface area contributed by atoms with Crippen LogP contribution in [0.15, 0.2) is 41.0 Å². The van der Waals surface area contributed by atoms with Crippen molar-refractivity contribution < 1.29 is 9.53 Å². The van der Waals surface area contributed by atoms with Gasteiger partial charge in [-0.25, -0.2) is 4.68 Å². The molecule has 1 saturated carbocycles. The molecule has 0 saturated heterocycles. The van der Waals surface area contributed by atoms with Gasteiger partial charge in [-0.2, -0.15) is 0 Å². The van der Waals surface area contributed by atoms with Crippen molar-refractivity contribution in [2.24, 2.45) is 0 Å². The highest BCUT2D eigenvalue weighted by Gasteiger charge is 2.35. The van der Waals surface area contributed by atoms with Crippen molar-refractivity contribution in [3.8, 4) is 11.6 Å². The molecule has 0 unspecified atom stereocenters. The third-order valence-corrected chi connectivity index (χ3v) is 4.01. The molecule has 0 bridgehead atoms. The third-order valence-electron chi connectivity index (χ3n) is 3.47. The molecule has 116 valence electrons. The zero-order valence-electron chi connectivity index (χ0n) is 12.5. The fourth-order valence-corrected chi connectivity index (χ4v) is 2.35. The first-order chi connectivity index (χ1) is 10.5. The summed E-state index contributed by atoms with van der Waals surface area (Å²) in [6.45, 7) is 3.50. The SMILES string of the molecule is CC(C)(Oc1nn(-c2ccccc2)cc1Br)C(=O)NC1CC1. The van der Waals surface area contributed by atoms with Gasteiger partial charge in [0.2, 0.25) is 5.88 Å². The van der Waals surface area contributed by atoms with Crippen LogP contribution < -0.4 is 10.1 Å². The van der Waals surface area contributed by atoms with E-state index in [1.165, 1.54) is 0 Å². The van der Waals surface area contributed by atoms with Gasteiger partial charge in [0, 0.05) is 12.2 Å². The predicted molar refractivity (Wildman–Crippen MR) is 87.1 cm³/mol. The maximum Gasteiger partial charge on any atom is 0.263 e. The van der Waals surface area contributed by atoms with Gasteiger partial charge < -0.3 is 10.1 Å². The lowest BCUT2D eigenvalue weighted by Crippen LogP contribution is -2.47. The highest BCUT2D eigenvalue weighted by Crippen LogP contribution is 2.28. The van der Waals surface area contributed by atoms with Crippen LogP contribution in [0.1, 0.15) is 26.7 Å². The Kier molecular flexibility index (Phi) is 3.95. The number of ether oxygens (including phenoxy) is 1. The van der Waals surface area contributed by atoms with Crippen LogP contribution in [0.4, 0.5) is 0 Å². The van der Waals surface area contributed by atoms with Crippen molar-refractivity contribution in [1.29, 1.82) is 0 Å². The van der Waals surface area contributed by atoms with E-state index in [4.69, 9.17) is 4.74 Å². The smallest absolute Gasteiger partial charge is 0.263 e. The molecular formula is C16H18BrN3O2. The number of halogens is 1. The first-order valence-electron chi connectivity index (χ1n) is 7.26. The zero-order chi connectivity index (χ0) is 15.7. The van der Waals surface area contributed by atoms with Crippen LogP contribution in [0.5, 0.6) is 5.88 Å². The zero-order valence-corrected chi connectivity index (χ0v) is 14.1. The molecule has 1 heterocycles. The Labute approximate surface area is 137 Å². The second-order valence-electron chi connectivity index (χ2n) is 5.92. The first kappa shape index (κ1) is 15.1. The Morgan fingerprint density at radius 2 is 2.05 bits per heavy atom. The highest BCUT2D eigenvalue weighted by molar-refractivity contribution is 9.10. The van der Waals surface area contributed by atoms with E-state index in [0.29, 0.717) is 16.4 Å². The normalized spacial score (nSPS) is 14.7. The Morgan fingerprint density at radius 1 is 1.36 bits per heavy atom. The summed E-state index contributed by atoms with van der Waals surface area (Å²) in [6, 6.07) is 10.0. The molecule has 1 fully saturated rings. The van der Waals surface area contributed by atoms with Gasteiger partial charge in [-0.15, -0.1) is 5.10 Å². The summed E-state index contributed by atoms with van der Waals surface area (Å²) in [7, 11) is 0. The van der Waals surface area contributed by atoms with Crippen molar-refractivity contribution in [2.45, 2.75) is 38.3 Å². The fraction of sp³-hybridized carbons (Fsp3) is 0.375. The average Bonchev–Trinajstić information content (AvgIpc) is 3.23. The quantitative estimate of drug-likeness (QED) is 0.887. The Bertz CT molecular complexity index is 678. The number of carbonyl (C=O) groups excluding carboxylic acids is 1. The second kappa shape index (κ2) is 5.76. The number of amides is 1. The summed E-state index contributed by atoms with van der Waals surface area (Å²) in [5, 5.41) is 7.37. The molecule has 1 amide bonds. The van der Waals surface area contributed by atoms with Crippen LogP contribution in [0.25, 0.3) is 5.69 Å². The second-order valence-corrected chi connectivity index (χ2v) is 6.78. The molecule has 0 atom stereocenters. The number of benzene rings is 1. The molecule has 1 N–H and O–H groups in total. The third kappa shape index (κ3) is 3.32. The topological polar surface area (TPSA) is 56.2 Å². The molecule has 0 aliphatic heterocycles. The van der Waals surface area contributed by atoms with Crippen LogP contribution >= 0.6 is 15.9 Å². The number of carbonyl (C=O) groups is 1. The Balaban J connectivity index is 1.77. The molecule has 2 aromatic rings. The van der Waals surface area contributed by atoms with Crippen molar-refractivity contribution >= 4 is 21.8 Å². The Morgan fingerprint density at radius 3 is 2.68 bits per heavy atom. The average molecular weight is 364 g/mol. The number of para-hydroxylation sites is 1. The predicted octanol–water partition coefficient (Wildman–Crippen LogP) is 3.07. The van der Waals surface area contributed by atoms with Crippen LogP contribution in [-0.4, -0.2) is 27.3 Å². The number of hydrogen-bond donors (Lipinski definition) is 1. The molecule has 0 radical (unpaired) electrons. The van der Waals surface area contributed by atoms with Gasteiger partial charge in [0.05, 0.1) is 10.2 Å². The number of hydrogen-bond acceptors (Lipinski definition) is 3. The summed E-state index contributed by atoms with van der Waals surface area (Å²) in [5.74, 6) is 0.288. The number of rotatable bonds is 5. The van der Waals surface area contributed by atoms with Gasteiger partial charge in [-0.05, 0) is 54.8 Å². The molecule has 1 aromatic carbocycles. The van der Waals surface area contributed by atoms with Gasteiger partial charge >= 0.3 is 0 Å². The van der Waals surface area contributed by atoms with Gasteiger partial charge in [-0.1, -0.05) is 18.2 Å². The standard InChI is InChI=1S/C16H18BrN3O2/c1-16(2,15(21)18-11-8-9-11)22-14-13(17)10-20(19-14)12-6-4-3-5-7-12/h3-7,10-11H,8-9H2,1-2H3,(H,18,21). The largest absolute Gasteiger partial charge is 0.460 e. The molecule has 5 nitrogen and oxygen atoms in total. The monoisotopic (exact) mass is 363 g/mol. The van der Waals surface area contributed by atoms with Crippen LogP contribution in [0.3, 0.4) is 0 Å². The first-order valence-corrected chi connectivity index (χ1v) is 8.05. The van der Waals surface area contributed by atoms with Gasteiger partial charge in [-0.3, -0.25) is 4.79 Å². The molecule has 0 spiro atoms. The van der Waals surface area contributed by atoms with Crippen LogP contribution in [-0.2, 0) is 4.79 Å². The minimum atomic E-state index is -0.971. The van der Waals surface area contributed by atoms with E-state index in [9.17, 15) is 4.79 Å². The molecular weight excluding hydrogens is 346 g/mol. The van der Waals surface area contributed by atoms with Crippen molar-refractivity contribution in [2.75, 3.05) is 0 Å². The molecule has 1 aliphatic rings. The molecule has 1 aromatic heterocycles. The molecule has 6 heteroatoms. The number of nitrogens with one attached hydrogen (secondary N) is 1. The van der Waals surface area contributed by atoms with E-state index >= 15 is 0 Å². The highest BCUT2D eigenvalue weighted by atomic mass is 79.9. The minimum Gasteiger partial charge on any atom is -0.460 e.